The lowest BCUT2D eigenvalue weighted by molar-refractivity contribution is 0.104. The summed E-state index contributed by atoms with van der Waals surface area (Å²) < 4.78 is 0. The molecule has 26 heavy (non-hydrogen) atoms. The van der Waals surface area contributed by atoms with Gasteiger partial charge in [0.2, 0.25) is 0 Å². The molecule has 0 N–H and O–H groups in total. The second kappa shape index (κ2) is 8.93. The van der Waals surface area contributed by atoms with Crippen molar-refractivity contribution >= 4 is 29.3 Å². The number of hydrogen-bond donors (Lipinski definition) is 0. The largest absolute Gasteiger partial charge is 0.288 e. The predicted molar refractivity (Wildman–Crippen MR) is 113 cm³/mol. The summed E-state index contributed by atoms with van der Waals surface area (Å²) in [5.74, 6) is 0.0517. The van der Waals surface area contributed by atoms with Crippen molar-refractivity contribution in [3.63, 3.8) is 0 Å². The number of Topliss-reactive ketones (excluding diaryl/α,β-unsaturated/α-hetero) is 1. The molecular weight excluding hydrogens is 356 g/mol. The standard InChI is InChI=1S/C23H20OS2/c1-17-8-12-20(13-9-17)25-16-22(23(24)19-6-4-3-5-7-19)26-21-14-10-18(2)11-15-21/h3-16H,1-2H3/b22-16-. The minimum atomic E-state index is 0.0517. The molecule has 0 unspecified atom stereocenters. The Kier molecular flexibility index (Phi) is 6.37. The molecule has 0 fully saturated rings. The van der Waals surface area contributed by atoms with Crippen molar-refractivity contribution in [1.82, 2.24) is 0 Å². The molecule has 0 saturated carbocycles. The third-order valence-corrected chi connectivity index (χ3v) is 5.91. The summed E-state index contributed by atoms with van der Waals surface area (Å²) in [4.78, 5) is 15.9. The molecule has 0 saturated heterocycles. The van der Waals surface area contributed by atoms with Crippen molar-refractivity contribution in [3.8, 4) is 0 Å². The second-order valence-corrected chi connectivity index (χ2v) is 8.08. The van der Waals surface area contributed by atoms with Crippen molar-refractivity contribution in [2.45, 2.75) is 23.6 Å². The molecule has 3 rings (SSSR count). The van der Waals surface area contributed by atoms with E-state index in [0.717, 1.165) is 14.7 Å². The van der Waals surface area contributed by atoms with E-state index < -0.39 is 0 Å². The number of ketones is 1. The molecular formula is C23H20OS2. The van der Waals surface area contributed by atoms with Crippen LogP contribution in [0, 0.1) is 13.8 Å². The van der Waals surface area contributed by atoms with Crippen LogP contribution in [0.5, 0.6) is 0 Å². The first kappa shape index (κ1) is 18.6. The molecule has 3 heteroatoms. The third-order valence-electron chi connectivity index (χ3n) is 3.83. The van der Waals surface area contributed by atoms with Gasteiger partial charge in [-0.15, -0.1) is 0 Å². The highest BCUT2D eigenvalue weighted by atomic mass is 32.2. The zero-order chi connectivity index (χ0) is 18.4. The summed E-state index contributed by atoms with van der Waals surface area (Å²) in [6, 6.07) is 26.0. The van der Waals surface area contributed by atoms with Crippen LogP contribution in [-0.2, 0) is 0 Å². The monoisotopic (exact) mass is 376 g/mol. The van der Waals surface area contributed by atoms with Gasteiger partial charge in [0.25, 0.3) is 0 Å². The highest BCUT2D eigenvalue weighted by Gasteiger charge is 2.14. The van der Waals surface area contributed by atoms with Gasteiger partial charge in [-0.3, -0.25) is 4.79 Å². The molecule has 0 aromatic heterocycles. The summed E-state index contributed by atoms with van der Waals surface area (Å²) in [7, 11) is 0. The Bertz CT molecular complexity index is 895. The summed E-state index contributed by atoms with van der Waals surface area (Å²) in [6.07, 6.45) is 0. The van der Waals surface area contributed by atoms with Crippen LogP contribution >= 0.6 is 23.5 Å². The minimum absolute atomic E-state index is 0.0517. The van der Waals surface area contributed by atoms with Crippen LogP contribution in [0.2, 0.25) is 0 Å². The van der Waals surface area contributed by atoms with Gasteiger partial charge in [-0.25, -0.2) is 0 Å². The first-order chi connectivity index (χ1) is 12.6. The quantitative estimate of drug-likeness (QED) is 0.264. The lowest BCUT2D eigenvalue weighted by Gasteiger charge is -2.08. The minimum Gasteiger partial charge on any atom is -0.288 e. The van der Waals surface area contributed by atoms with E-state index in [2.05, 4.69) is 62.4 Å². The number of hydrogen-bond acceptors (Lipinski definition) is 3. The predicted octanol–water partition coefficient (Wildman–Crippen LogP) is 6.91. The maximum Gasteiger partial charge on any atom is 0.200 e. The summed E-state index contributed by atoms with van der Waals surface area (Å²) in [6.45, 7) is 4.13. The second-order valence-electron chi connectivity index (χ2n) is 6.02. The number of rotatable bonds is 6. The average Bonchev–Trinajstić information content (AvgIpc) is 2.68. The smallest absolute Gasteiger partial charge is 0.200 e. The van der Waals surface area contributed by atoms with Crippen molar-refractivity contribution < 1.29 is 4.79 Å². The van der Waals surface area contributed by atoms with E-state index in [1.165, 1.54) is 22.9 Å². The Morgan fingerprint density at radius 1 is 0.731 bits per heavy atom. The van der Waals surface area contributed by atoms with Gasteiger partial charge in [0, 0.05) is 15.4 Å². The van der Waals surface area contributed by atoms with Crippen LogP contribution in [0.4, 0.5) is 0 Å². The van der Waals surface area contributed by atoms with E-state index in [1.807, 2.05) is 35.7 Å². The molecule has 130 valence electrons. The maximum absolute atomic E-state index is 13.0. The van der Waals surface area contributed by atoms with Crippen LogP contribution in [-0.4, -0.2) is 5.78 Å². The highest BCUT2D eigenvalue weighted by molar-refractivity contribution is 8.06. The Hall–Kier alpha value is -2.23. The number of carbonyl (C=O) groups excluding carboxylic acids is 1. The summed E-state index contributed by atoms with van der Waals surface area (Å²) in [5.41, 5.74) is 3.15. The molecule has 0 atom stereocenters. The molecule has 0 radical (unpaired) electrons. The molecule has 3 aromatic rings. The van der Waals surface area contributed by atoms with Crippen molar-refractivity contribution in [1.29, 1.82) is 0 Å². The fraction of sp³-hybridized carbons (Fsp3) is 0.0870. The lowest BCUT2D eigenvalue weighted by atomic mass is 10.1. The van der Waals surface area contributed by atoms with Gasteiger partial charge in [-0.05, 0) is 43.5 Å². The molecule has 0 aliphatic carbocycles. The first-order valence-corrected chi connectivity index (χ1v) is 10.1. The van der Waals surface area contributed by atoms with Crippen molar-refractivity contribution in [2.75, 3.05) is 0 Å². The zero-order valence-electron chi connectivity index (χ0n) is 14.8. The number of aryl methyl sites for hydroxylation is 2. The van der Waals surface area contributed by atoms with Gasteiger partial charge >= 0.3 is 0 Å². The average molecular weight is 377 g/mol. The van der Waals surface area contributed by atoms with E-state index in [9.17, 15) is 4.79 Å². The first-order valence-electron chi connectivity index (χ1n) is 8.39. The van der Waals surface area contributed by atoms with Crippen LogP contribution in [0.15, 0.2) is 99.0 Å². The Labute approximate surface area is 163 Å². The number of carbonyl (C=O) groups is 1. The van der Waals surface area contributed by atoms with E-state index >= 15 is 0 Å². The molecule has 0 bridgehead atoms. The SMILES string of the molecule is Cc1ccc(S/C=C(\Sc2ccc(C)cc2)C(=O)c2ccccc2)cc1. The fourth-order valence-electron chi connectivity index (χ4n) is 2.33. The molecule has 0 aliphatic rings. The number of thioether (sulfide) groups is 2. The summed E-state index contributed by atoms with van der Waals surface area (Å²) in [5, 5.41) is 1.96. The van der Waals surface area contributed by atoms with Gasteiger partial charge in [-0.2, -0.15) is 0 Å². The van der Waals surface area contributed by atoms with Crippen LogP contribution in [0.3, 0.4) is 0 Å². The Morgan fingerprint density at radius 3 is 1.85 bits per heavy atom. The maximum atomic E-state index is 13.0. The van der Waals surface area contributed by atoms with E-state index in [4.69, 9.17) is 0 Å². The number of benzene rings is 3. The molecule has 0 aliphatic heterocycles. The summed E-state index contributed by atoms with van der Waals surface area (Å²) >= 11 is 3.09. The van der Waals surface area contributed by atoms with Gasteiger partial charge in [0.05, 0.1) is 4.91 Å². The van der Waals surface area contributed by atoms with Crippen molar-refractivity contribution in [3.05, 3.63) is 106 Å². The van der Waals surface area contributed by atoms with Crippen molar-refractivity contribution in [2.24, 2.45) is 0 Å². The zero-order valence-corrected chi connectivity index (χ0v) is 16.4. The van der Waals surface area contributed by atoms with Gasteiger partial charge in [0.15, 0.2) is 5.78 Å². The Balaban J connectivity index is 1.87. The van der Waals surface area contributed by atoms with Crippen LogP contribution in [0.1, 0.15) is 21.5 Å². The van der Waals surface area contributed by atoms with E-state index in [-0.39, 0.29) is 5.78 Å². The van der Waals surface area contributed by atoms with E-state index in [1.54, 1.807) is 11.8 Å². The normalized spacial score (nSPS) is 11.4. The van der Waals surface area contributed by atoms with Gasteiger partial charge < -0.3 is 0 Å². The van der Waals surface area contributed by atoms with Crippen LogP contribution < -0.4 is 0 Å². The van der Waals surface area contributed by atoms with E-state index in [0.29, 0.717) is 5.56 Å². The molecule has 1 nitrogen and oxygen atoms in total. The van der Waals surface area contributed by atoms with Crippen LogP contribution in [0.25, 0.3) is 0 Å². The molecule has 0 amide bonds. The lowest BCUT2D eigenvalue weighted by Crippen LogP contribution is -2.00. The fourth-order valence-corrected chi connectivity index (χ4v) is 4.04. The van der Waals surface area contributed by atoms with Gasteiger partial charge in [-0.1, -0.05) is 89.2 Å². The molecule has 0 spiro atoms. The third kappa shape index (κ3) is 5.13. The Morgan fingerprint density at radius 2 is 1.27 bits per heavy atom. The number of allylic oxidation sites excluding steroid dienone is 1. The van der Waals surface area contributed by atoms with Gasteiger partial charge in [0.1, 0.15) is 0 Å². The molecule has 3 aromatic carbocycles. The highest BCUT2D eigenvalue weighted by Crippen LogP contribution is 2.33. The molecule has 0 heterocycles. The topological polar surface area (TPSA) is 17.1 Å².